The SMILES string of the molecule is CCCCCCC/C=C\C/C=C\CCCCCC(CCCCCCCC(=O)NC(CCCN)C(=O)O)OC(=O)CCCCCCCCCCCCCCCCCCCCCCCCC. The third-order valence-corrected chi connectivity index (χ3v) is 13.0. The number of nitrogens with one attached hydrogen (secondary N) is 1. The molecule has 0 saturated carbocycles. The Morgan fingerprint density at radius 3 is 1.22 bits per heavy atom. The van der Waals surface area contributed by atoms with E-state index < -0.39 is 12.0 Å². The number of hydrogen-bond donors (Lipinski definition) is 3. The van der Waals surface area contributed by atoms with Crippen molar-refractivity contribution in [1.29, 1.82) is 0 Å². The maximum Gasteiger partial charge on any atom is 0.326 e. The third kappa shape index (κ3) is 47.8. The predicted molar refractivity (Wildman–Crippen MR) is 276 cm³/mol. The number of rotatable bonds is 52. The van der Waals surface area contributed by atoms with Gasteiger partial charge in [-0.2, -0.15) is 0 Å². The molecule has 0 saturated heterocycles. The highest BCUT2D eigenvalue weighted by Gasteiger charge is 2.19. The van der Waals surface area contributed by atoms with E-state index in [0.29, 0.717) is 32.2 Å². The summed E-state index contributed by atoms with van der Waals surface area (Å²) in [5.41, 5.74) is 5.51. The molecule has 7 nitrogen and oxygen atoms in total. The maximum absolute atomic E-state index is 12.9. The van der Waals surface area contributed by atoms with Crippen molar-refractivity contribution < 1.29 is 24.2 Å². The Morgan fingerprint density at radius 1 is 0.453 bits per heavy atom. The van der Waals surface area contributed by atoms with E-state index in [1.54, 1.807) is 0 Å². The molecule has 0 bridgehead atoms. The van der Waals surface area contributed by atoms with Gasteiger partial charge in [-0.1, -0.05) is 231 Å². The van der Waals surface area contributed by atoms with Crippen LogP contribution in [0, 0.1) is 0 Å². The Hall–Kier alpha value is -2.15. The summed E-state index contributed by atoms with van der Waals surface area (Å²) in [5.74, 6) is -1.23. The highest BCUT2D eigenvalue weighted by molar-refractivity contribution is 5.83. The fraction of sp³-hybridized carbons (Fsp3) is 0.877. The van der Waals surface area contributed by atoms with Crippen molar-refractivity contribution in [2.24, 2.45) is 5.73 Å². The predicted octanol–water partition coefficient (Wildman–Crippen LogP) is 17.1. The molecule has 0 aliphatic rings. The second-order valence-electron chi connectivity index (χ2n) is 19.4. The van der Waals surface area contributed by atoms with Gasteiger partial charge in [-0.3, -0.25) is 9.59 Å². The molecule has 64 heavy (non-hydrogen) atoms. The average molecular weight is 901 g/mol. The molecule has 0 aromatic carbocycles. The number of carbonyl (C=O) groups is 3. The summed E-state index contributed by atoms with van der Waals surface area (Å²) in [6.07, 6.45) is 62.6. The average Bonchev–Trinajstić information content (AvgIpc) is 3.28. The van der Waals surface area contributed by atoms with E-state index in [4.69, 9.17) is 10.5 Å². The van der Waals surface area contributed by atoms with Crippen molar-refractivity contribution in [1.82, 2.24) is 5.32 Å². The van der Waals surface area contributed by atoms with Gasteiger partial charge in [0.15, 0.2) is 0 Å². The van der Waals surface area contributed by atoms with Gasteiger partial charge in [-0.25, -0.2) is 4.79 Å². The number of ether oxygens (including phenoxy) is 1. The lowest BCUT2D eigenvalue weighted by molar-refractivity contribution is -0.150. The van der Waals surface area contributed by atoms with E-state index >= 15 is 0 Å². The third-order valence-electron chi connectivity index (χ3n) is 13.0. The van der Waals surface area contributed by atoms with Gasteiger partial charge in [0.2, 0.25) is 5.91 Å². The van der Waals surface area contributed by atoms with Crippen molar-refractivity contribution in [2.75, 3.05) is 6.54 Å². The zero-order valence-electron chi connectivity index (χ0n) is 42.6. The van der Waals surface area contributed by atoms with Crippen LogP contribution in [-0.2, 0) is 19.1 Å². The molecule has 0 heterocycles. The monoisotopic (exact) mass is 901 g/mol. The number of aliphatic carboxylic acids is 1. The lowest BCUT2D eigenvalue weighted by atomic mass is 10.0. The Labute approximate surface area is 397 Å². The minimum atomic E-state index is -1.00. The number of hydrogen-bond acceptors (Lipinski definition) is 5. The molecular formula is C57H108N2O5. The zero-order valence-corrected chi connectivity index (χ0v) is 42.6. The smallest absolute Gasteiger partial charge is 0.326 e. The molecular weight excluding hydrogens is 793 g/mol. The van der Waals surface area contributed by atoms with E-state index in [2.05, 4.69) is 43.5 Å². The molecule has 376 valence electrons. The largest absolute Gasteiger partial charge is 0.480 e. The van der Waals surface area contributed by atoms with Gasteiger partial charge < -0.3 is 20.9 Å². The van der Waals surface area contributed by atoms with Crippen LogP contribution in [0.3, 0.4) is 0 Å². The van der Waals surface area contributed by atoms with Crippen LogP contribution in [0.25, 0.3) is 0 Å². The van der Waals surface area contributed by atoms with Gasteiger partial charge in [0.1, 0.15) is 12.1 Å². The molecule has 0 fully saturated rings. The van der Waals surface area contributed by atoms with Crippen molar-refractivity contribution in [3.63, 3.8) is 0 Å². The summed E-state index contributed by atoms with van der Waals surface area (Å²) in [7, 11) is 0. The molecule has 7 heteroatoms. The lowest BCUT2D eigenvalue weighted by Gasteiger charge is -2.18. The summed E-state index contributed by atoms with van der Waals surface area (Å²) < 4.78 is 6.09. The van der Waals surface area contributed by atoms with Crippen LogP contribution < -0.4 is 11.1 Å². The quantitative estimate of drug-likeness (QED) is 0.0318. The zero-order chi connectivity index (χ0) is 46.7. The summed E-state index contributed by atoms with van der Waals surface area (Å²) in [5, 5.41) is 12.0. The van der Waals surface area contributed by atoms with Crippen molar-refractivity contribution in [2.45, 2.75) is 315 Å². The van der Waals surface area contributed by atoms with Crippen molar-refractivity contribution in [3.05, 3.63) is 24.3 Å². The number of unbranched alkanes of at least 4 members (excludes halogenated alkanes) is 34. The number of allylic oxidation sites excluding steroid dienone is 4. The Bertz CT molecular complexity index is 1060. The maximum atomic E-state index is 12.9. The number of carboxylic acid groups (broad SMARTS) is 1. The van der Waals surface area contributed by atoms with E-state index in [9.17, 15) is 19.5 Å². The van der Waals surface area contributed by atoms with Gasteiger partial charge in [0, 0.05) is 12.8 Å². The minimum Gasteiger partial charge on any atom is -0.480 e. The van der Waals surface area contributed by atoms with Gasteiger partial charge in [-0.15, -0.1) is 0 Å². The van der Waals surface area contributed by atoms with Gasteiger partial charge >= 0.3 is 11.9 Å². The molecule has 0 aromatic heterocycles. The number of carboxylic acids is 1. The van der Waals surface area contributed by atoms with E-state index in [0.717, 1.165) is 83.5 Å². The van der Waals surface area contributed by atoms with E-state index in [-0.39, 0.29) is 18.0 Å². The molecule has 0 spiro atoms. The van der Waals surface area contributed by atoms with Crippen LogP contribution >= 0.6 is 0 Å². The second-order valence-corrected chi connectivity index (χ2v) is 19.4. The van der Waals surface area contributed by atoms with Crippen molar-refractivity contribution in [3.8, 4) is 0 Å². The Morgan fingerprint density at radius 2 is 0.812 bits per heavy atom. The van der Waals surface area contributed by atoms with Crippen LogP contribution in [0.4, 0.5) is 0 Å². The fourth-order valence-electron chi connectivity index (χ4n) is 8.78. The molecule has 0 aliphatic carbocycles. The molecule has 2 atom stereocenters. The van der Waals surface area contributed by atoms with Crippen LogP contribution in [0.1, 0.15) is 303 Å². The van der Waals surface area contributed by atoms with Gasteiger partial charge in [-0.05, 0) is 90.0 Å². The molecule has 0 aliphatic heterocycles. The second kappa shape index (κ2) is 51.8. The van der Waals surface area contributed by atoms with Crippen LogP contribution in [0.15, 0.2) is 24.3 Å². The van der Waals surface area contributed by atoms with Crippen LogP contribution in [0.5, 0.6) is 0 Å². The van der Waals surface area contributed by atoms with Crippen LogP contribution in [-0.4, -0.2) is 41.6 Å². The van der Waals surface area contributed by atoms with Crippen LogP contribution in [0.2, 0.25) is 0 Å². The minimum absolute atomic E-state index is 0.00746. The molecule has 0 aromatic rings. The molecule has 2 unspecified atom stereocenters. The first kappa shape index (κ1) is 61.9. The Balaban J connectivity index is 4.21. The first-order valence-corrected chi connectivity index (χ1v) is 28.2. The van der Waals surface area contributed by atoms with Gasteiger partial charge in [0.05, 0.1) is 0 Å². The first-order chi connectivity index (χ1) is 31.4. The first-order valence-electron chi connectivity index (χ1n) is 28.2. The lowest BCUT2D eigenvalue weighted by Crippen LogP contribution is -2.40. The highest BCUT2D eigenvalue weighted by atomic mass is 16.5. The van der Waals surface area contributed by atoms with Crippen molar-refractivity contribution >= 4 is 17.8 Å². The molecule has 0 radical (unpaired) electrons. The summed E-state index contributed by atoms with van der Waals surface area (Å²) in [4.78, 5) is 36.6. The molecule has 0 rings (SSSR count). The topological polar surface area (TPSA) is 119 Å². The van der Waals surface area contributed by atoms with E-state index in [1.165, 1.54) is 180 Å². The number of amides is 1. The number of nitrogens with two attached hydrogens (primary N) is 1. The van der Waals surface area contributed by atoms with Gasteiger partial charge in [0.25, 0.3) is 0 Å². The Kier molecular flexibility index (Phi) is 50.1. The molecule has 1 amide bonds. The van der Waals surface area contributed by atoms with E-state index in [1.807, 2.05) is 0 Å². The molecule has 4 N–H and O–H groups in total. The summed E-state index contributed by atoms with van der Waals surface area (Å²) in [6.45, 7) is 4.97. The summed E-state index contributed by atoms with van der Waals surface area (Å²) in [6, 6.07) is -0.859. The number of carbonyl (C=O) groups excluding carboxylic acids is 2. The normalized spacial score (nSPS) is 12.7. The highest BCUT2D eigenvalue weighted by Crippen LogP contribution is 2.19. The number of esters is 1. The summed E-state index contributed by atoms with van der Waals surface area (Å²) >= 11 is 0. The standard InChI is InChI=1S/C57H108N2O5/c1-3-5-7-9-11-13-15-17-19-20-21-22-23-24-25-26-28-30-32-34-36-41-45-51-56(61)64-53(47-42-38-35-33-31-29-27-18-16-14-12-10-8-6-4-2)48-43-39-37-40-44-50-55(60)59-54(57(62)63)49-46-52-58/h16,18,29,31,53-54H,3-15,17,19-28,30,32-52,58H2,1-2H3,(H,59,60)(H,62,63)/b18-16-,31-29-. The fourth-order valence-corrected chi connectivity index (χ4v) is 8.78.